The Kier molecular flexibility index (Phi) is 5.41. The standard InChI is InChI=1S/C20H24N2O4S/c1-4-15-9-11-16(12-10-15)14(2)21-20(23)19-13-22(27(3,24)25)17-7-5-6-8-18(17)26-19/h5-12,14,19H,4,13H2,1-3H3,(H,21,23)/t14-,19+/m1/s1. The Morgan fingerprint density at radius 2 is 1.89 bits per heavy atom. The summed E-state index contributed by atoms with van der Waals surface area (Å²) >= 11 is 0. The Morgan fingerprint density at radius 3 is 2.52 bits per heavy atom. The van der Waals surface area contributed by atoms with Crippen molar-refractivity contribution in [1.82, 2.24) is 5.32 Å². The number of ether oxygens (including phenoxy) is 1. The number of carbonyl (C=O) groups is 1. The summed E-state index contributed by atoms with van der Waals surface area (Å²) in [6, 6.07) is 14.7. The van der Waals surface area contributed by atoms with E-state index in [1.807, 2.05) is 31.2 Å². The molecule has 1 heterocycles. The van der Waals surface area contributed by atoms with Crippen molar-refractivity contribution in [3.05, 3.63) is 59.7 Å². The van der Waals surface area contributed by atoms with Crippen molar-refractivity contribution in [2.45, 2.75) is 32.4 Å². The van der Waals surface area contributed by atoms with Crippen LogP contribution in [0.1, 0.15) is 31.0 Å². The van der Waals surface area contributed by atoms with Gasteiger partial charge in [-0.25, -0.2) is 8.42 Å². The maximum absolute atomic E-state index is 12.7. The zero-order valence-corrected chi connectivity index (χ0v) is 16.5. The number of hydrogen-bond acceptors (Lipinski definition) is 4. The number of nitrogens with zero attached hydrogens (tertiary/aromatic N) is 1. The molecule has 1 aliphatic heterocycles. The molecule has 0 aromatic heterocycles. The van der Waals surface area contributed by atoms with E-state index >= 15 is 0 Å². The molecule has 0 unspecified atom stereocenters. The lowest BCUT2D eigenvalue weighted by Crippen LogP contribution is -2.50. The first-order valence-electron chi connectivity index (χ1n) is 8.92. The van der Waals surface area contributed by atoms with Crippen molar-refractivity contribution >= 4 is 21.6 Å². The average molecular weight is 388 g/mol. The van der Waals surface area contributed by atoms with Gasteiger partial charge in [-0.2, -0.15) is 0 Å². The minimum absolute atomic E-state index is 0.0524. The molecule has 0 radical (unpaired) electrons. The summed E-state index contributed by atoms with van der Waals surface area (Å²) in [4.78, 5) is 12.7. The number of benzene rings is 2. The second-order valence-electron chi connectivity index (χ2n) is 6.69. The maximum atomic E-state index is 12.7. The Hall–Kier alpha value is -2.54. The third-order valence-corrected chi connectivity index (χ3v) is 5.82. The second kappa shape index (κ2) is 7.60. The van der Waals surface area contributed by atoms with Crippen LogP contribution in [0.5, 0.6) is 5.75 Å². The lowest BCUT2D eigenvalue weighted by Gasteiger charge is -2.34. The molecule has 1 N–H and O–H groups in total. The van der Waals surface area contributed by atoms with Crippen molar-refractivity contribution in [2.24, 2.45) is 0 Å². The smallest absolute Gasteiger partial charge is 0.263 e. The van der Waals surface area contributed by atoms with Crippen LogP contribution in [-0.2, 0) is 21.2 Å². The number of fused-ring (bicyclic) bond motifs is 1. The van der Waals surface area contributed by atoms with E-state index < -0.39 is 16.1 Å². The SMILES string of the molecule is CCc1ccc([C@@H](C)NC(=O)[C@@H]2CN(S(C)(=O)=O)c3ccccc3O2)cc1. The first-order chi connectivity index (χ1) is 12.8. The molecule has 0 bridgehead atoms. The Bertz CT molecular complexity index is 925. The molecule has 0 aliphatic carbocycles. The third kappa shape index (κ3) is 4.24. The summed E-state index contributed by atoms with van der Waals surface area (Å²) in [6.45, 7) is 3.93. The zero-order valence-electron chi connectivity index (χ0n) is 15.7. The normalized spacial score (nSPS) is 17.6. The second-order valence-corrected chi connectivity index (χ2v) is 8.60. The lowest BCUT2D eigenvalue weighted by molar-refractivity contribution is -0.128. The van der Waals surface area contributed by atoms with Gasteiger partial charge in [0, 0.05) is 0 Å². The summed E-state index contributed by atoms with van der Waals surface area (Å²) in [5, 5.41) is 2.92. The fraction of sp³-hybridized carbons (Fsp3) is 0.350. The van der Waals surface area contributed by atoms with Gasteiger partial charge in [0.05, 0.1) is 24.5 Å². The molecular weight excluding hydrogens is 364 g/mol. The van der Waals surface area contributed by atoms with Crippen LogP contribution in [0.4, 0.5) is 5.69 Å². The van der Waals surface area contributed by atoms with Gasteiger partial charge in [0.15, 0.2) is 6.10 Å². The Labute approximate surface area is 160 Å². The molecule has 6 nitrogen and oxygen atoms in total. The molecule has 0 saturated carbocycles. The van der Waals surface area contributed by atoms with Gasteiger partial charge in [-0.05, 0) is 36.6 Å². The predicted octanol–water partition coefficient (Wildman–Crippen LogP) is 2.65. The number of anilines is 1. The fourth-order valence-electron chi connectivity index (χ4n) is 3.08. The van der Waals surface area contributed by atoms with Gasteiger partial charge in [0.2, 0.25) is 10.0 Å². The van der Waals surface area contributed by atoms with Gasteiger partial charge in [-0.15, -0.1) is 0 Å². The minimum Gasteiger partial charge on any atom is -0.476 e. The van der Waals surface area contributed by atoms with E-state index in [0.29, 0.717) is 11.4 Å². The van der Waals surface area contributed by atoms with Crippen LogP contribution in [0.25, 0.3) is 0 Å². The van der Waals surface area contributed by atoms with Gasteiger partial charge < -0.3 is 10.1 Å². The van der Waals surface area contributed by atoms with E-state index in [1.54, 1.807) is 24.3 Å². The molecule has 144 valence electrons. The molecule has 0 saturated heterocycles. The number of amides is 1. The molecule has 2 aromatic rings. The fourth-order valence-corrected chi connectivity index (χ4v) is 4.00. The monoisotopic (exact) mass is 388 g/mol. The molecule has 27 heavy (non-hydrogen) atoms. The Morgan fingerprint density at radius 1 is 1.22 bits per heavy atom. The number of sulfonamides is 1. The summed E-state index contributed by atoms with van der Waals surface area (Å²) in [6.07, 6.45) is 1.17. The van der Waals surface area contributed by atoms with Crippen molar-refractivity contribution in [3.8, 4) is 5.75 Å². The van der Waals surface area contributed by atoms with E-state index in [2.05, 4.69) is 12.2 Å². The number of hydrogen-bond donors (Lipinski definition) is 1. The van der Waals surface area contributed by atoms with Gasteiger partial charge >= 0.3 is 0 Å². The van der Waals surface area contributed by atoms with E-state index in [-0.39, 0.29) is 18.5 Å². The molecule has 7 heteroatoms. The highest BCUT2D eigenvalue weighted by atomic mass is 32.2. The van der Waals surface area contributed by atoms with Gasteiger partial charge in [0.1, 0.15) is 5.75 Å². The van der Waals surface area contributed by atoms with E-state index in [0.717, 1.165) is 18.2 Å². The van der Waals surface area contributed by atoms with Crippen LogP contribution in [0.3, 0.4) is 0 Å². The summed E-state index contributed by atoms with van der Waals surface area (Å²) in [5.74, 6) is 0.0412. The zero-order chi connectivity index (χ0) is 19.6. The molecule has 1 aliphatic rings. The molecule has 3 rings (SSSR count). The highest BCUT2D eigenvalue weighted by Gasteiger charge is 2.35. The first-order valence-corrected chi connectivity index (χ1v) is 10.8. The van der Waals surface area contributed by atoms with Crippen LogP contribution < -0.4 is 14.4 Å². The van der Waals surface area contributed by atoms with Crippen LogP contribution in [0, 0.1) is 0 Å². The van der Waals surface area contributed by atoms with Gasteiger partial charge in [-0.3, -0.25) is 9.10 Å². The van der Waals surface area contributed by atoms with E-state index in [9.17, 15) is 13.2 Å². The highest BCUT2D eigenvalue weighted by molar-refractivity contribution is 7.92. The summed E-state index contributed by atoms with van der Waals surface area (Å²) < 4.78 is 31.3. The molecular formula is C20H24N2O4S. The van der Waals surface area contributed by atoms with Gasteiger partial charge in [-0.1, -0.05) is 43.3 Å². The van der Waals surface area contributed by atoms with Crippen LogP contribution in [0.2, 0.25) is 0 Å². The first kappa shape index (κ1) is 19.2. The summed E-state index contributed by atoms with van der Waals surface area (Å²) in [7, 11) is -3.52. The van der Waals surface area contributed by atoms with E-state index in [1.165, 1.54) is 9.87 Å². The summed E-state index contributed by atoms with van der Waals surface area (Å²) in [5.41, 5.74) is 2.66. The quantitative estimate of drug-likeness (QED) is 0.854. The van der Waals surface area contributed by atoms with Crippen LogP contribution >= 0.6 is 0 Å². The topological polar surface area (TPSA) is 75.7 Å². The van der Waals surface area contributed by atoms with Crippen molar-refractivity contribution < 1.29 is 17.9 Å². The number of aryl methyl sites for hydroxylation is 1. The minimum atomic E-state index is -3.52. The number of rotatable bonds is 5. The third-order valence-electron chi connectivity index (χ3n) is 4.67. The molecule has 1 amide bonds. The maximum Gasteiger partial charge on any atom is 0.263 e. The molecule has 2 aromatic carbocycles. The van der Waals surface area contributed by atoms with Crippen molar-refractivity contribution in [3.63, 3.8) is 0 Å². The average Bonchev–Trinajstić information content (AvgIpc) is 2.66. The number of carbonyl (C=O) groups excluding carboxylic acids is 1. The Balaban J connectivity index is 1.76. The molecule has 2 atom stereocenters. The lowest BCUT2D eigenvalue weighted by atomic mass is 10.0. The molecule has 0 fully saturated rings. The van der Waals surface area contributed by atoms with Crippen LogP contribution in [0.15, 0.2) is 48.5 Å². The number of nitrogens with one attached hydrogen (secondary N) is 1. The number of para-hydroxylation sites is 2. The van der Waals surface area contributed by atoms with Crippen LogP contribution in [-0.4, -0.2) is 33.2 Å². The largest absolute Gasteiger partial charge is 0.476 e. The predicted molar refractivity (Wildman–Crippen MR) is 105 cm³/mol. The van der Waals surface area contributed by atoms with Crippen molar-refractivity contribution in [2.75, 3.05) is 17.1 Å². The molecule has 0 spiro atoms. The van der Waals surface area contributed by atoms with E-state index in [4.69, 9.17) is 4.74 Å². The van der Waals surface area contributed by atoms with Crippen molar-refractivity contribution in [1.29, 1.82) is 0 Å². The van der Waals surface area contributed by atoms with Gasteiger partial charge in [0.25, 0.3) is 5.91 Å². The highest BCUT2D eigenvalue weighted by Crippen LogP contribution is 2.34.